The summed E-state index contributed by atoms with van der Waals surface area (Å²) >= 11 is 0. The van der Waals surface area contributed by atoms with Crippen LogP contribution in [0.25, 0.3) is 10.9 Å². The van der Waals surface area contributed by atoms with Gasteiger partial charge in [0.2, 0.25) is 0 Å². The van der Waals surface area contributed by atoms with Crippen LogP contribution in [0.4, 0.5) is 5.82 Å². The van der Waals surface area contributed by atoms with Crippen LogP contribution in [0.15, 0.2) is 30.3 Å². The molecule has 1 saturated carbocycles. The molecular weight excluding hydrogens is 262 g/mol. The molecule has 0 atom stereocenters. The molecule has 0 radical (unpaired) electrons. The average Bonchev–Trinajstić information content (AvgIpc) is 3.35. The van der Waals surface area contributed by atoms with Gasteiger partial charge in [0.25, 0.3) is 0 Å². The Balaban J connectivity index is 1.88. The van der Waals surface area contributed by atoms with Gasteiger partial charge in [-0.2, -0.15) is 0 Å². The zero-order chi connectivity index (χ0) is 14.7. The Kier molecular flexibility index (Phi) is 4.36. The number of hydrogen-bond donors (Lipinski definition) is 1. The van der Waals surface area contributed by atoms with E-state index in [1.165, 1.54) is 23.8 Å². The molecule has 0 aliphatic heterocycles. The maximum Gasteiger partial charge on any atom is 0.133 e. The highest BCUT2D eigenvalue weighted by Crippen LogP contribution is 2.32. The third-order valence-corrected chi connectivity index (χ3v) is 4.01. The van der Waals surface area contributed by atoms with Gasteiger partial charge in [-0.05, 0) is 25.0 Å². The molecule has 0 amide bonds. The molecule has 1 aromatic heterocycles. The number of nitrogens with one attached hydrogen (secondary N) is 1. The fourth-order valence-corrected chi connectivity index (χ4v) is 2.62. The van der Waals surface area contributed by atoms with Crippen molar-refractivity contribution in [3.63, 3.8) is 0 Å². The molecule has 1 aromatic carbocycles. The van der Waals surface area contributed by atoms with E-state index in [-0.39, 0.29) is 0 Å². The third-order valence-electron chi connectivity index (χ3n) is 4.01. The number of rotatable bonds is 7. The summed E-state index contributed by atoms with van der Waals surface area (Å²) < 4.78 is 5.09. The first-order chi connectivity index (χ1) is 10.3. The van der Waals surface area contributed by atoms with Crippen molar-refractivity contribution in [3.8, 4) is 0 Å². The molecule has 21 heavy (non-hydrogen) atoms. The lowest BCUT2D eigenvalue weighted by atomic mass is 10.1. The van der Waals surface area contributed by atoms with Gasteiger partial charge in [0.05, 0.1) is 12.1 Å². The Morgan fingerprint density at radius 2 is 2.14 bits per heavy atom. The monoisotopic (exact) mass is 285 g/mol. The Hall–Kier alpha value is -1.65. The first-order valence-electron chi connectivity index (χ1n) is 7.61. The number of hydrogen-bond acceptors (Lipinski definition) is 4. The molecule has 4 nitrogen and oxygen atoms in total. The molecule has 0 unspecified atom stereocenters. The van der Waals surface area contributed by atoms with Crippen LogP contribution in [0.2, 0.25) is 0 Å². The summed E-state index contributed by atoms with van der Waals surface area (Å²) in [6, 6.07) is 11.2. The van der Waals surface area contributed by atoms with E-state index in [4.69, 9.17) is 9.72 Å². The Bertz CT molecular complexity index is 610. The van der Waals surface area contributed by atoms with Gasteiger partial charge in [0.1, 0.15) is 5.82 Å². The summed E-state index contributed by atoms with van der Waals surface area (Å²) in [5, 5.41) is 4.63. The summed E-state index contributed by atoms with van der Waals surface area (Å²) in [5.74, 6) is 1.11. The number of ether oxygens (including phenoxy) is 1. The lowest BCUT2D eigenvalue weighted by Gasteiger charge is -2.22. The minimum atomic E-state index is 0.663. The zero-order valence-electron chi connectivity index (χ0n) is 12.8. The highest BCUT2D eigenvalue weighted by Gasteiger charge is 2.28. The molecule has 2 aromatic rings. The number of aromatic nitrogens is 1. The zero-order valence-corrected chi connectivity index (χ0v) is 12.8. The number of fused-ring (bicyclic) bond motifs is 1. The molecule has 4 heteroatoms. The molecule has 112 valence electrons. The van der Waals surface area contributed by atoms with E-state index in [1.54, 1.807) is 7.11 Å². The molecule has 3 rings (SSSR count). The molecule has 1 aliphatic carbocycles. The number of anilines is 1. The lowest BCUT2D eigenvalue weighted by molar-refractivity contribution is 0.199. The number of para-hydroxylation sites is 1. The standard InChI is InChI=1S/C17H23N3O/c1-20(15-7-8-15)17-14(12-18-9-10-21-2)11-13-5-3-4-6-16(13)19-17/h3-6,11,15,18H,7-10,12H2,1-2H3. The fraction of sp³-hybridized carbons (Fsp3) is 0.471. The molecule has 1 N–H and O–H groups in total. The summed E-state index contributed by atoms with van der Waals surface area (Å²) in [4.78, 5) is 7.22. The van der Waals surface area contributed by atoms with Crippen LogP contribution in [-0.4, -0.2) is 38.3 Å². The van der Waals surface area contributed by atoms with Crippen LogP contribution < -0.4 is 10.2 Å². The van der Waals surface area contributed by atoms with Gasteiger partial charge in [-0.1, -0.05) is 18.2 Å². The van der Waals surface area contributed by atoms with E-state index in [1.807, 2.05) is 6.07 Å². The normalized spacial score (nSPS) is 14.6. The summed E-state index contributed by atoms with van der Waals surface area (Å²) in [6.45, 7) is 2.41. The molecular formula is C17H23N3O. The van der Waals surface area contributed by atoms with Crippen molar-refractivity contribution in [2.75, 3.05) is 32.2 Å². The van der Waals surface area contributed by atoms with Crippen molar-refractivity contribution in [1.82, 2.24) is 10.3 Å². The first kappa shape index (κ1) is 14.3. The maximum atomic E-state index is 5.09. The Morgan fingerprint density at radius 3 is 2.90 bits per heavy atom. The molecule has 1 heterocycles. The molecule has 0 spiro atoms. The summed E-state index contributed by atoms with van der Waals surface area (Å²) in [7, 11) is 3.89. The quantitative estimate of drug-likeness (QED) is 0.793. The van der Waals surface area contributed by atoms with Gasteiger partial charge < -0.3 is 15.0 Å². The van der Waals surface area contributed by atoms with Gasteiger partial charge in [0, 0.05) is 44.2 Å². The van der Waals surface area contributed by atoms with E-state index in [0.29, 0.717) is 6.04 Å². The molecule has 1 aliphatic rings. The number of methoxy groups -OCH3 is 1. The predicted molar refractivity (Wildman–Crippen MR) is 86.8 cm³/mol. The van der Waals surface area contributed by atoms with Crippen LogP contribution >= 0.6 is 0 Å². The van der Waals surface area contributed by atoms with Crippen molar-refractivity contribution >= 4 is 16.7 Å². The highest BCUT2D eigenvalue weighted by atomic mass is 16.5. The van der Waals surface area contributed by atoms with Crippen LogP contribution in [-0.2, 0) is 11.3 Å². The van der Waals surface area contributed by atoms with Crippen molar-refractivity contribution in [2.45, 2.75) is 25.4 Å². The fourth-order valence-electron chi connectivity index (χ4n) is 2.62. The molecule has 1 fully saturated rings. The van der Waals surface area contributed by atoms with Gasteiger partial charge in [-0.15, -0.1) is 0 Å². The number of nitrogens with zero attached hydrogens (tertiary/aromatic N) is 2. The minimum Gasteiger partial charge on any atom is -0.383 e. The number of pyridine rings is 1. The third kappa shape index (κ3) is 3.34. The van der Waals surface area contributed by atoms with Crippen LogP contribution in [0, 0.1) is 0 Å². The maximum absolute atomic E-state index is 5.09. The second-order valence-electron chi connectivity index (χ2n) is 5.68. The van der Waals surface area contributed by atoms with Crippen molar-refractivity contribution in [2.24, 2.45) is 0 Å². The first-order valence-corrected chi connectivity index (χ1v) is 7.61. The van der Waals surface area contributed by atoms with E-state index in [0.717, 1.165) is 31.0 Å². The van der Waals surface area contributed by atoms with E-state index in [2.05, 4.69) is 41.5 Å². The lowest BCUT2D eigenvalue weighted by Crippen LogP contribution is -2.25. The van der Waals surface area contributed by atoms with Crippen molar-refractivity contribution in [3.05, 3.63) is 35.9 Å². The summed E-state index contributed by atoms with van der Waals surface area (Å²) in [6.07, 6.45) is 2.56. The molecule has 0 saturated heterocycles. The van der Waals surface area contributed by atoms with Gasteiger partial charge in [-0.3, -0.25) is 0 Å². The Labute approximate surface area is 126 Å². The number of benzene rings is 1. The molecule has 0 bridgehead atoms. The van der Waals surface area contributed by atoms with Gasteiger partial charge in [0.15, 0.2) is 0 Å². The second kappa shape index (κ2) is 6.41. The van der Waals surface area contributed by atoms with Crippen LogP contribution in [0.3, 0.4) is 0 Å². The van der Waals surface area contributed by atoms with Gasteiger partial charge in [-0.25, -0.2) is 4.98 Å². The van der Waals surface area contributed by atoms with Crippen LogP contribution in [0.5, 0.6) is 0 Å². The largest absolute Gasteiger partial charge is 0.383 e. The average molecular weight is 285 g/mol. The SMILES string of the molecule is COCCNCc1cc2ccccc2nc1N(C)C1CC1. The van der Waals surface area contributed by atoms with E-state index >= 15 is 0 Å². The van der Waals surface area contributed by atoms with Crippen molar-refractivity contribution < 1.29 is 4.74 Å². The van der Waals surface area contributed by atoms with Crippen LogP contribution in [0.1, 0.15) is 18.4 Å². The van der Waals surface area contributed by atoms with E-state index < -0.39 is 0 Å². The minimum absolute atomic E-state index is 0.663. The summed E-state index contributed by atoms with van der Waals surface area (Å²) in [5.41, 5.74) is 2.33. The highest BCUT2D eigenvalue weighted by molar-refractivity contribution is 5.81. The second-order valence-corrected chi connectivity index (χ2v) is 5.68. The topological polar surface area (TPSA) is 37.4 Å². The van der Waals surface area contributed by atoms with Crippen molar-refractivity contribution in [1.29, 1.82) is 0 Å². The smallest absolute Gasteiger partial charge is 0.133 e. The Morgan fingerprint density at radius 1 is 1.33 bits per heavy atom. The van der Waals surface area contributed by atoms with Gasteiger partial charge >= 0.3 is 0 Å². The predicted octanol–water partition coefficient (Wildman–Crippen LogP) is 2.57. The van der Waals surface area contributed by atoms with E-state index in [9.17, 15) is 0 Å².